The van der Waals surface area contributed by atoms with E-state index in [4.69, 9.17) is 11.6 Å². The number of benzene rings is 2. The second-order valence-electron chi connectivity index (χ2n) is 6.35. The molecule has 0 radical (unpaired) electrons. The summed E-state index contributed by atoms with van der Waals surface area (Å²) < 4.78 is 0. The number of hydrogen-bond acceptors (Lipinski definition) is 4. The van der Waals surface area contributed by atoms with Gasteiger partial charge in [0.15, 0.2) is 5.78 Å². The van der Waals surface area contributed by atoms with Gasteiger partial charge in [-0.1, -0.05) is 54.1 Å². The van der Waals surface area contributed by atoms with Crippen molar-refractivity contribution >= 4 is 34.9 Å². The third kappa shape index (κ3) is 4.26. The molecule has 0 fully saturated rings. The van der Waals surface area contributed by atoms with Gasteiger partial charge in [-0.25, -0.2) is 0 Å². The first kappa shape index (κ1) is 18.9. The quantitative estimate of drug-likeness (QED) is 0.636. The van der Waals surface area contributed by atoms with E-state index in [-0.39, 0.29) is 17.8 Å². The molecule has 2 aromatic carbocycles. The molecule has 2 atom stereocenters. The van der Waals surface area contributed by atoms with Gasteiger partial charge in [0, 0.05) is 28.0 Å². The summed E-state index contributed by atoms with van der Waals surface area (Å²) in [5.74, 6) is -3.64. The molecule has 0 heterocycles. The zero-order valence-corrected chi connectivity index (χ0v) is 15.1. The van der Waals surface area contributed by atoms with Gasteiger partial charge in [-0.2, -0.15) is 0 Å². The van der Waals surface area contributed by atoms with E-state index in [0.29, 0.717) is 22.7 Å². The predicted octanol–water partition coefficient (Wildman–Crippen LogP) is 2.84. The standard InChI is InChI=1S/C21H18ClNO4/c22-14-10-11-18(17(12-14)19(24)13-6-2-1-3-7-13)23-20(25)15-8-4-5-9-16(15)21(26)27/h1-7,10-12,15-16H,8-9H2,(H,23,25)(H,26,27)/p-1/t15-,16-/m0/s1. The van der Waals surface area contributed by atoms with Gasteiger partial charge in [-0.05, 0) is 31.0 Å². The van der Waals surface area contributed by atoms with Crippen molar-refractivity contribution in [2.24, 2.45) is 11.8 Å². The van der Waals surface area contributed by atoms with Crippen LogP contribution in [0, 0.1) is 11.8 Å². The van der Waals surface area contributed by atoms with Gasteiger partial charge in [0.25, 0.3) is 0 Å². The van der Waals surface area contributed by atoms with Crippen molar-refractivity contribution in [2.75, 3.05) is 5.32 Å². The number of anilines is 1. The number of halogens is 1. The molecular formula is C21H17ClNO4-. The average Bonchev–Trinajstić information content (AvgIpc) is 2.69. The minimum absolute atomic E-state index is 0.247. The van der Waals surface area contributed by atoms with Crippen LogP contribution in [0.4, 0.5) is 5.69 Å². The number of amides is 1. The Hall–Kier alpha value is -2.92. The second-order valence-corrected chi connectivity index (χ2v) is 6.79. The maximum atomic E-state index is 12.8. The fraction of sp³-hybridized carbons (Fsp3) is 0.190. The monoisotopic (exact) mass is 382 g/mol. The predicted molar refractivity (Wildman–Crippen MR) is 100 cm³/mol. The Labute approximate surface area is 161 Å². The fourth-order valence-electron chi connectivity index (χ4n) is 3.15. The van der Waals surface area contributed by atoms with Gasteiger partial charge in [0.05, 0.1) is 11.6 Å². The molecule has 0 aliphatic heterocycles. The maximum Gasteiger partial charge on any atom is 0.228 e. The molecule has 138 valence electrons. The normalized spacial score (nSPS) is 18.7. The number of hydrogen-bond donors (Lipinski definition) is 1. The first-order valence-electron chi connectivity index (χ1n) is 8.53. The summed E-state index contributed by atoms with van der Waals surface area (Å²) >= 11 is 6.04. The fourth-order valence-corrected chi connectivity index (χ4v) is 3.32. The number of carbonyl (C=O) groups is 3. The Balaban J connectivity index is 1.89. The van der Waals surface area contributed by atoms with Gasteiger partial charge in [-0.3, -0.25) is 9.59 Å². The van der Waals surface area contributed by atoms with Crippen LogP contribution in [0.2, 0.25) is 5.02 Å². The lowest BCUT2D eigenvalue weighted by atomic mass is 9.82. The molecule has 0 spiro atoms. The van der Waals surface area contributed by atoms with Crippen LogP contribution in [-0.2, 0) is 9.59 Å². The Morgan fingerprint density at radius 1 is 0.963 bits per heavy atom. The van der Waals surface area contributed by atoms with Crippen molar-refractivity contribution in [3.8, 4) is 0 Å². The van der Waals surface area contributed by atoms with Crippen molar-refractivity contribution < 1.29 is 19.5 Å². The van der Waals surface area contributed by atoms with Crippen LogP contribution >= 0.6 is 11.6 Å². The van der Waals surface area contributed by atoms with Gasteiger partial charge in [0.1, 0.15) is 0 Å². The topological polar surface area (TPSA) is 86.3 Å². The lowest BCUT2D eigenvalue weighted by molar-refractivity contribution is -0.313. The highest BCUT2D eigenvalue weighted by Crippen LogP contribution is 2.29. The lowest BCUT2D eigenvalue weighted by Crippen LogP contribution is -2.41. The molecule has 1 amide bonds. The smallest absolute Gasteiger partial charge is 0.228 e. The zero-order valence-electron chi connectivity index (χ0n) is 14.4. The van der Waals surface area contributed by atoms with Gasteiger partial charge < -0.3 is 15.2 Å². The first-order valence-corrected chi connectivity index (χ1v) is 8.91. The highest BCUT2D eigenvalue weighted by atomic mass is 35.5. The van der Waals surface area contributed by atoms with E-state index in [1.807, 2.05) is 0 Å². The van der Waals surface area contributed by atoms with E-state index in [2.05, 4.69) is 5.32 Å². The highest BCUT2D eigenvalue weighted by molar-refractivity contribution is 6.31. The highest BCUT2D eigenvalue weighted by Gasteiger charge is 2.30. The van der Waals surface area contributed by atoms with E-state index in [9.17, 15) is 19.5 Å². The van der Waals surface area contributed by atoms with E-state index in [1.165, 1.54) is 6.07 Å². The van der Waals surface area contributed by atoms with E-state index in [1.54, 1.807) is 54.6 Å². The Bertz CT molecular complexity index is 908. The first-order chi connectivity index (χ1) is 13.0. The molecule has 6 heteroatoms. The minimum Gasteiger partial charge on any atom is -0.550 e. The number of carboxylic acids is 1. The molecule has 0 saturated carbocycles. The molecule has 5 nitrogen and oxygen atoms in total. The van der Waals surface area contributed by atoms with Crippen LogP contribution in [0.1, 0.15) is 28.8 Å². The Kier molecular flexibility index (Phi) is 5.72. The van der Waals surface area contributed by atoms with Crippen LogP contribution in [0.3, 0.4) is 0 Å². The molecule has 1 N–H and O–H groups in total. The Morgan fingerprint density at radius 3 is 2.30 bits per heavy atom. The van der Waals surface area contributed by atoms with Crippen molar-refractivity contribution in [3.05, 3.63) is 76.8 Å². The van der Waals surface area contributed by atoms with Crippen LogP contribution in [0.15, 0.2) is 60.7 Å². The van der Waals surface area contributed by atoms with Gasteiger partial charge in [0.2, 0.25) is 5.91 Å². The summed E-state index contributed by atoms with van der Waals surface area (Å²) in [5, 5.41) is 14.4. The molecular weight excluding hydrogens is 366 g/mol. The molecule has 27 heavy (non-hydrogen) atoms. The molecule has 1 aliphatic rings. The van der Waals surface area contributed by atoms with Crippen molar-refractivity contribution in [1.82, 2.24) is 0 Å². The number of ketones is 1. The largest absolute Gasteiger partial charge is 0.550 e. The molecule has 0 bridgehead atoms. The molecule has 2 aromatic rings. The summed E-state index contributed by atoms with van der Waals surface area (Å²) in [6, 6.07) is 13.2. The number of allylic oxidation sites excluding steroid dienone is 2. The van der Waals surface area contributed by atoms with Gasteiger partial charge in [-0.15, -0.1) is 0 Å². The van der Waals surface area contributed by atoms with Gasteiger partial charge >= 0.3 is 0 Å². The molecule has 0 aromatic heterocycles. The van der Waals surface area contributed by atoms with E-state index in [0.717, 1.165) is 0 Å². The molecule has 0 saturated heterocycles. The summed E-state index contributed by atoms with van der Waals surface area (Å²) in [6.45, 7) is 0. The molecule has 3 rings (SSSR count). The minimum atomic E-state index is -1.25. The maximum absolute atomic E-state index is 12.8. The number of carboxylic acid groups (broad SMARTS) is 1. The molecule has 1 aliphatic carbocycles. The van der Waals surface area contributed by atoms with Crippen LogP contribution in [-0.4, -0.2) is 17.7 Å². The van der Waals surface area contributed by atoms with Crippen LogP contribution < -0.4 is 10.4 Å². The third-order valence-corrected chi connectivity index (χ3v) is 4.83. The number of aliphatic carboxylic acids is 1. The third-order valence-electron chi connectivity index (χ3n) is 4.59. The summed E-state index contributed by atoms with van der Waals surface area (Å²) in [4.78, 5) is 36.9. The second kappa shape index (κ2) is 8.18. The van der Waals surface area contributed by atoms with E-state index < -0.39 is 23.7 Å². The average molecular weight is 383 g/mol. The lowest BCUT2D eigenvalue weighted by Gasteiger charge is -2.28. The van der Waals surface area contributed by atoms with Crippen molar-refractivity contribution in [1.29, 1.82) is 0 Å². The summed E-state index contributed by atoms with van der Waals surface area (Å²) in [7, 11) is 0. The zero-order chi connectivity index (χ0) is 19.4. The number of nitrogens with one attached hydrogen (secondary N) is 1. The van der Waals surface area contributed by atoms with Crippen molar-refractivity contribution in [3.63, 3.8) is 0 Å². The number of carbonyl (C=O) groups excluding carboxylic acids is 3. The van der Waals surface area contributed by atoms with Crippen LogP contribution in [0.5, 0.6) is 0 Å². The molecule has 0 unspecified atom stereocenters. The van der Waals surface area contributed by atoms with Crippen LogP contribution in [0.25, 0.3) is 0 Å². The van der Waals surface area contributed by atoms with E-state index >= 15 is 0 Å². The SMILES string of the molecule is O=C(c1ccccc1)c1cc(Cl)ccc1NC(=O)[C@H]1CC=CC[C@@H]1C(=O)[O-]. The number of rotatable bonds is 5. The summed E-state index contributed by atoms with van der Waals surface area (Å²) in [6.07, 6.45) is 4.06. The van der Waals surface area contributed by atoms with Crippen molar-refractivity contribution in [2.45, 2.75) is 12.8 Å². The summed E-state index contributed by atoms with van der Waals surface area (Å²) in [5.41, 5.74) is 1.01. The Morgan fingerprint density at radius 2 is 1.63 bits per heavy atom.